The number of nitrogens with two attached hydrogens (primary N) is 1. The van der Waals surface area contributed by atoms with E-state index in [2.05, 4.69) is 34.1 Å². The van der Waals surface area contributed by atoms with Gasteiger partial charge in [0.25, 0.3) is 0 Å². The Labute approximate surface area is 177 Å². The number of primary sulfonamides is 1. The molecule has 158 valence electrons. The van der Waals surface area contributed by atoms with Crippen LogP contribution in [0.3, 0.4) is 0 Å². The van der Waals surface area contributed by atoms with Gasteiger partial charge in [0.15, 0.2) is 5.78 Å². The van der Waals surface area contributed by atoms with Gasteiger partial charge in [0.1, 0.15) is 0 Å². The van der Waals surface area contributed by atoms with Crippen molar-refractivity contribution in [1.82, 2.24) is 9.88 Å². The molecule has 1 heterocycles. The number of aryl methyl sites for hydroxylation is 2. The molecule has 1 aromatic heterocycles. The number of hydrogen-bond acceptors (Lipinski definition) is 4. The van der Waals surface area contributed by atoms with E-state index < -0.39 is 10.0 Å². The third kappa shape index (κ3) is 5.05. The molecule has 2 aromatic carbocycles. The van der Waals surface area contributed by atoms with E-state index in [0.29, 0.717) is 13.0 Å². The highest BCUT2D eigenvalue weighted by Gasteiger charge is 2.16. The lowest BCUT2D eigenvalue weighted by Gasteiger charge is -2.10. The molecule has 3 rings (SSSR count). The predicted molar refractivity (Wildman–Crippen MR) is 119 cm³/mol. The van der Waals surface area contributed by atoms with Crippen molar-refractivity contribution in [2.24, 2.45) is 5.14 Å². The second-order valence-electron chi connectivity index (χ2n) is 7.49. The minimum absolute atomic E-state index is 0.0473. The van der Waals surface area contributed by atoms with Gasteiger partial charge >= 0.3 is 0 Å². The van der Waals surface area contributed by atoms with Crippen LogP contribution in [-0.4, -0.2) is 31.9 Å². The fraction of sp³-hybridized carbons (Fsp3) is 0.261. The van der Waals surface area contributed by atoms with Gasteiger partial charge in [-0.3, -0.25) is 4.79 Å². The van der Waals surface area contributed by atoms with Crippen LogP contribution in [0.4, 0.5) is 0 Å². The smallest absolute Gasteiger partial charge is 0.238 e. The number of hydrogen-bond donors (Lipinski definition) is 2. The van der Waals surface area contributed by atoms with Crippen molar-refractivity contribution in [2.45, 2.75) is 32.1 Å². The van der Waals surface area contributed by atoms with Crippen molar-refractivity contribution in [3.05, 3.63) is 82.7 Å². The highest BCUT2D eigenvalue weighted by atomic mass is 32.2. The van der Waals surface area contributed by atoms with E-state index in [4.69, 9.17) is 5.14 Å². The molecule has 0 aliphatic rings. The Balaban J connectivity index is 1.59. The Bertz CT molecular complexity index is 1150. The first-order valence-corrected chi connectivity index (χ1v) is 11.3. The van der Waals surface area contributed by atoms with Gasteiger partial charge in [0.05, 0.1) is 11.4 Å². The molecule has 0 fully saturated rings. The van der Waals surface area contributed by atoms with E-state index in [-0.39, 0.29) is 17.2 Å². The van der Waals surface area contributed by atoms with Crippen molar-refractivity contribution in [1.29, 1.82) is 0 Å². The average Bonchev–Trinajstić information content (AvgIpc) is 3.00. The van der Waals surface area contributed by atoms with Crippen molar-refractivity contribution in [2.75, 3.05) is 13.1 Å². The van der Waals surface area contributed by atoms with Gasteiger partial charge < -0.3 is 9.88 Å². The molecule has 0 radical (unpaired) electrons. The molecule has 0 amide bonds. The summed E-state index contributed by atoms with van der Waals surface area (Å²) in [6.07, 6.45) is 0.681. The van der Waals surface area contributed by atoms with Gasteiger partial charge in [-0.15, -0.1) is 0 Å². The number of ketones is 1. The molecule has 0 bridgehead atoms. The summed E-state index contributed by atoms with van der Waals surface area (Å²) in [5.41, 5.74) is 5.89. The van der Waals surface area contributed by atoms with Gasteiger partial charge in [0, 0.05) is 22.6 Å². The van der Waals surface area contributed by atoms with Crippen molar-refractivity contribution in [3.63, 3.8) is 0 Å². The molecule has 0 spiro atoms. The summed E-state index contributed by atoms with van der Waals surface area (Å²) < 4.78 is 24.7. The first-order valence-electron chi connectivity index (χ1n) is 9.78. The Kier molecular flexibility index (Phi) is 6.55. The number of carbonyl (C=O) groups is 1. The summed E-state index contributed by atoms with van der Waals surface area (Å²) in [5, 5.41) is 8.28. The van der Waals surface area contributed by atoms with Crippen LogP contribution in [0.15, 0.2) is 59.5 Å². The van der Waals surface area contributed by atoms with Gasteiger partial charge in [0.2, 0.25) is 10.0 Å². The van der Waals surface area contributed by atoms with Crippen LogP contribution < -0.4 is 10.5 Å². The third-order valence-corrected chi connectivity index (χ3v) is 6.08. The van der Waals surface area contributed by atoms with Crippen LogP contribution in [0.1, 0.15) is 32.9 Å². The summed E-state index contributed by atoms with van der Waals surface area (Å²) in [7, 11) is -3.68. The summed E-state index contributed by atoms with van der Waals surface area (Å²) >= 11 is 0. The molecule has 30 heavy (non-hydrogen) atoms. The standard InChI is InChI=1S/C23H27N3O3S/c1-16-4-8-20(9-5-16)26-17(2)14-22(18(26)3)23(27)15-25-13-12-19-6-10-21(11-7-19)30(24,28)29/h4-11,14,25H,12-13,15H2,1-3H3,(H2,24,28,29). The van der Waals surface area contributed by atoms with Gasteiger partial charge in [-0.25, -0.2) is 13.6 Å². The summed E-state index contributed by atoms with van der Waals surface area (Å²) in [5.74, 6) is 0.0473. The molecule has 3 aromatic rings. The number of sulfonamides is 1. The van der Waals surface area contributed by atoms with E-state index in [9.17, 15) is 13.2 Å². The summed E-state index contributed by atoms with van der Waals surface area (Å²) in [6.45, 7) is 6.87. The molecule has 0 unspecified atom stereocenters. The monoisotopic (exact) mass is 425 g/mol. The highest BCUT2D eigenvalue weighted by Crippen LogP contribution is 2.21. The molecule has 0 aliphatic heterocycles. The zero-order valence-corrected chi connectivity index (χ0v) is 18.3. The number of nitrogens with one attached hydrogen (secondary N) is 1. The lowest BCUT2D eigenvalue weighted by molar-refractivity contribution is 0.0991. The van der Waals surface area contributed by atoms with Crippen LogP contribution in [0.25, 0.3) is 5.69 Å². The van der Waals surface area contributed by atoms with Crippen LogP contribution in [-0.2, 0) is 16.4 Å². The molecule has 0 atom stereocenters. The fourth-order valence-electron chi connectivity index (χ4n) is 3.51. The average molecular weight is 426 g/mol. The molecule has 3 N–H and O–H groups in total. The molecule has 0 saturated carbocycles. The van der Waals surface area contributed by atoms with Gasteiger partial charge in [-0.05, 0) is 69.6 Å². The van der Waals surface area contributed by atoms with Crippen LogP contribution in [0.2, 0.25) is 0 Å². The second kappa shape index (κ2) is 8.95. The third-order valence-electron chi connectivity index (χ3n) is 5.15. The number of benzene rings is 2. The normalized spacial score (nSPS) is 11.6. The Morgan fingerprint density at radius 3 is 2.23 bits per heavy atom. The molecule has 7 heteroatoms. The maximum atomic E-state index is 12.7. The van der Waals surface area contributed by atoms with Crippen LogP contribution in [0, 0.1) is 20.8 Å². The zero-order chi connectivity index (χ0) is 21.9. The van der Waals surface area contributed by atoms with Crippen molar-refractivity contribution < 1.29 is 13.2 Å². The number of aromatic nitrogens is 1. The van der Waals surface area contributed by atoms with Gasteiger partial charge in [-0.1, -0.05) is 29.8 Å². The molecule has 0 aliphatic carbocycles. The van der Waals surface area contributed by atoms with Crippen LogP contribution >= 0.6 is 0 Å². The van der Waals surface area contributed by atoms with E-state index in [0.717, 1.165) is 28.2 Å². The second-order valence-corrected chi connectivity index (χ2v) is 9.06. The maximum absolute atomic E-state index is 12.7. The number of Topliss-reactive ketones (excluding diaryl/α,β-unsaturated/α-hetero) is 1. The number of carbonyl (C=O) groups excluding carboxylic acids is 1. The minimum Gasteiger partial charge on any atom is -0.318 e. The van der Waals surface area contributed by atoms with Gasteiger partial charge in [-0.2, -0.15) is 0 Å². The lowest BCUT2D eigenvalue weighted by atomic mass is 10.1. The van der Waals surface area contributed by atoms with E-state index in [1.165, 1.54) is 17.7 Å². The topological polar surface area (TPSA) is 94.2 Å². The summed E-state index contributed by atoms with van der Waals surface area (Å²) in [4.78, 5) is 12.8. The molecular formula is C23H27N3O3S. The van der Waals surface area contributed by atoms with Crippen molar-refractivity contribution >= 4 is 15.8 Å². The van der Waals surface area contributed by atoms with E-state index in [1.54, 1.807) is 12.1 Å². The SMILES string of the molecule is Cc1ccc(-n2c(C)cc(C(=O)CNCCc3ccc(S(N)(=O)=O)cc3)c2C)cc1. The summed E-state index contributed by atoms with van der Waals surface area (Å²) in [6, 6.07) is 16.6. The Hall–Kier alpha value is -2.74. The van der Waals surface area contributed by atoms with Crippen LogP contribution in [0.5, 0.6) is 0 Å². The van der Waals surface area contributed by atoms with E-state index >= 15 is 0 Å². The quantitative estimate of drug-likeness (QED) is 0.428. The predicted octanol–water partition coefficient (Wildman–Crippen LogP) is 3.06. The Morgan fingerprint density at radius 1 is 1.00 bits per heavy atom. The number of nitrogens with zero attached hydrogens (tertiary/aromatic N) is 1. The fourth-order valence-corrected chi connectivity index (χ4v) is 4.03. The Morgan fingerprint density at radius 2 is 1.63 bits per heavy atom. The highest BCUT2D eigenvalue weighted by molar-refractivity contribution is 7.89. The largest absolute Gasteiger partial charge is 0.318 e. The first kappa shape index (κ1) is 22.0. The first-order chi connectivity index (χ1) is 14.2. The van der Waals surface area contributed by atoms with E-state index in [1.807, 2.05) is 26.8 Å². The lowest BCUT2D eigenvalue weighted by Crippen LogP contribution is -2.25. The zero-order valence-electron chi connectivity index (χ0n) is 17.5. The maximum Gasteiger partial charge on any atom is 0.238 e. The molecule has 6 nitrogen and oxygen atoms in total. The minimum atomic E-state index is -3.68. The molecular weight excluding hydrogens is 398 g/mol. The molecule has 0 saturated heterocycles. The van der Waals surface area contributed by atoms with Crippen molar-refractivity contribution in [3.8, 4) is 5.69 Å². The number of rotatable bonds is 8.